The first-order chi connectivity index (χ1) is 8.34. The molecule has 0 spiro atoms. The number of aromatic nitrogens is 1. The molecule has 1 aromatic heterocycles. The van der Waals surface area contributed by atoms with Gasteiger partial charge in [0.15, 0.2) is 17.5 Å². The zero-order valence-corrected chi connectivity index (χ0v) is 9.52. The maximum Gasteiger partial charge on any atom is 0.182 e. The molecule has 1 saturated heterocycles. The quantitative estimate of drug-likeness (QED) is 0.808. The molecule has 0 radical (unpaired) electrons. The van der Waals surface area contributed by atoms with Crippen LogP contribution in [0.15, 0.2) is 22.9 Å². The topological polar surface area (TPSA) is 61.5 Å². The summed E-state index contributed by atoms with van der Waals surface area (Å²) < 4.78 is 5.15. The summed E-state index contributed by atoms with van der Waals surface area (Å²) in [4.78, 5) is 6.34. The van der Waals surface area contributed by atoms with Gasteiger partial charge in [0.25, 0.3) is 0 Å². The molecule has 17 heavy (non-hydrogen) atoms. The Morgan fingerprint density at radius 1 is 1.35 bits per heavy atom. The predicted octanol–water partition coefficient (Wildman–Crippen LogP) is 0.939. The van der Waals surface area contributed by atoms with E-state index in [1.54, 1.807) is 0 Å². The third-order valence-corrected chi connectivity index (χ3v) is 3.16. The largest absolute Gasteiger partial charge is 0.505 e. The molecule has 1 aliphatic rings. The van der Waals surface area contributed by atoms with Crippen molar-refractivity contribution in [2.24, 2.45) is 0 Å². The number of hydrogen-bond donors (Lipinski definition) is 2. The van der Waals surface area contributed by atoms with Crippen LogP contribution in [0.3, 0.4) is 0 Å². The molecule has 2 heterocycles. The highest BCUT2D eigenvalue weighted by molar-refractivity contribution is 5.80. The van der Waals surface area contributed by atoms with E-state index in [1.807, 2.05) is 12.1 Å². The summed E-state index contributed by atoms with van der Waals surface area (Å²) >= 11 is 0. The van der Waals surface area contributed by atoms with Gasteiger partial charge in [0, 0.05) is 38.3 Å². The van der Waals surface area contributed by atoms with E-state index in [2.05, 4.69) is 15.2 Å². The highest BCUT2D eigenvalue weighted by Gasteiger charge is 2.14. The third kappa shape index (κ3) is 1.99. The number of nitrogens with one attached hydrogen (secondary N) is 1. The molecule has 0 unspecified atom stereocenters. The number of nitrogens with zero attached hydrogens (tertiary/aromatic N) is 2. The van der Waals surface area contributed by atoms with Crippen LogP contribution in [-0.2, 0) is 6.54 Å². The van der Waals surface area contributed by atoms with Crippen LogP contribution in [-0.4, -0.2) is 41.2 Å². The molecule has 0 amide bonds. The average Bonchev–Trinajstić information content (AvgIpc) is 2.83. The highest BCUT2D eigenvalue weighted by Crippen LogP contribution is 2.28. The number of aromatic hydroxyl groups is 1. The van der Waals surface area contributed by atoms with Crippen molar-refractivity contribution in [1.29, 1.82) is 0 Å². The summed E-state index contributed by atoms with van der Waals surface area (Å²) in [6, 6.07) is 3.77. The van der Waals surface area contributed by atoms with Crippen molar-refractivity contribution in [3.8, 4) is 5.75 Å². The van der Waals surface area contributed by atoms with Crippen LogP contribution in [0.5, 0.6) is 5.75 Å². The van der Waals surface area contributed by atoms with Gasteiger partial charge in [0.1, 0.15) is 5.75 Å². The first kappa shape index (κ1) is 10.6. The van der Waals surface area contributed by atoms with Gasteiger partial charge in [-0.25, -0.2) is 4.98 Å². The van der Waals surface area contributed by atoms with Crippen LogP contribution >= 0.6 is 0 Å². The van der Waals surface area contributed by atoms with Crippen molar-refractivity contribution >= 4 is 11.1 Å². The maximum atomic E-state index is 10.1. The van der Waals surface area contributed by atoms with Gasteiger partial charge in [-0.2, -0.15) is 0 Å². The Hall–Kier alpha value is -1.59. The molecule has 0 bridgehead atoms. The summed E-state index contributed by atoms with van der Waals surface area (Å²) in [5.74, 6) is 0.245. The smallest absolute Gasteiger partial charge is 0.182 e. The normalized spacial score (nSPS) is 17.6. The molecule has 90 valence electrons. The Morgan fingerprint density at radius 3 is 3.00 bits per heavy atom. The molecule has 2 aromatic rings. The Morgan fingerprint density at radius 2 is 2.18 bits per heavy atom. The van der Waals surface area contributed by atoms with Crippen molar-refractivity contribution < 1.29 is 9.52 Å². The Bertz CT molecular complexity index is 517. The Labute approximate surface area is 99.0 Å². The molecular weight excluding hydrogens is 218 g/mol. The van der Waals surface area contributed by atoms with E-state index < -0.39 is 0 Å². The van der Waals surface area contributed by atoms with E-state index in [0.717, 1.165) is 38.3 Å². The van der Waals surface area contributed by atoms with Crippen LogP contribution in [0.4, 0.5) is 0 Å². The molecule has 1 aliphatic heterocycles. The van der Waals surface area contributed by atoms with E-state index in [1.165, 1.54) is 6.39 Å². The van der Waals surface area contributed by atoms with E-state index in [-0.39, 0.29) is 5.75 Å². The summed E-state index contributed by atoms with van der Waals surface area (Å²) in [6.45, 7) is 4.79. The minimum Gasteiger partial charge on any atom is -0.505 e. The lowest BCUT2D eigenvalue weighted by atomic mass is 10.1. The second-order valence-corrected chi connectivity index (χ2v) is 4.30. The molecule has 5 heteroatoms. The van der Waals surface area contributed by atoms with Gasteiger partial charge >= 0.3 is 0 Å². The van der Waals surface area contributed by atoms with E-state index in [4.69, 9.17) is 4.42 Å². The van der Waals surface area contributed by atoms with Gasteiger partial charge in [-0.15, -0.1) is 0 Å². The van der Waals surface area contributed by atoms with Crippen LogP contribution in [0.25, 0.3) is 11.1 Å². The van der Waals surface area contributed by atoms with Gasteiger partial charge < -0.3 is 14.8 Å². The number of rotatable bonds is 2. The first-order valence-electron chi connectivity index (χ1n) is 5.82. The Kier molecular flexibility index (Phi) is 2.70. The number of fused-ring (bicyclic) bond motifs is 1. The first-order valence-corrected chi connectivity index (χ1v) is 5.82. The van der Waals surface area contributed by atoms with Gasteiger partial charge in [-0.3, -0.25) is 4.90 Å². The summed E-state index contributed by atoms with van der Waals surface area (Å²) in [6.07, 6.45) is 1.36. The highest BCUT2D eigenvalue weighted by atomic mass is 16.3. The van der Waals surface area contributed by atoms with Crippen LogP contribution in [0.2, 0.25) is 0 Å². The molecule has 1 fully saturated rings. The molecule has 0 atom stereocenters. The molecule has 2 N–H and O–H groups in total. The van der Waals surface area contributed by atoms with E-state index in [9.17, 15) is 5.11 Å². The van der Waals surface area contributed by atoms with Crippen molar-refractivity contribution in [2.75, 3.05) is 26.2 Å². The lowest BCUT2D eigenvalue weighted by Crippen LogP contribution is -2.42. The zero-order valence-electron chi connectivity index (χ0n) is 9.52. The molecular formula is C12H15N3O2. The van der Waals surface area contributed by atoms with Gasteiger partial charge in [-0.1, -0.05) is 6.07 Å². The monoisotopic (exact) mass is 233 g/mol. The molecule has 1 aromatic carbocycles. The number of hydrogen-bond acceptors (Lipinski definition) is 5. The van der Waals surface area contributed by atoms with Crippen LogP contribution in [0, 0.1) is 0 Å². The number of phenolic OH excluding ortho intramolecular Hbond substituents is 1. The lowest BCUT2D eigenvalue weighted by Gasteiger charge is -2.27. The zero-order chi connectivity index (χ0) is 11.7. The van der Waals surface area contributed by atoms with Crippen molar-refractivity contribution in [3.63, 3.8) is 0 Å². The van der Waals surface area contributed by atoms with E-state index >= 15 is 0 Å². The van der Waals surface area contributed by atoms with Gasteiger partial charge in [0.2, 0.25) is 0 Å². The van der Waals surface area contributed by atoms with Gasteiger partial charge in [-0.05, 0) is 6.07 Å². The minimum absolute atomic E-state index is 0.245. The van der Waals surface area contributed by atoms with Gasteiger partial charge in [0.05, 0.1) is 0 Å². The second kappa shape index (κ2) is 4.35. The molecule has 0 saturated carbocycles. The lowest BCUT2D eigenvalue weighted by molar-refractivity contribution is 0.231. The molecule has 5 nitrogen and oxygen atoms in total. The van der Waals surface area contributed by atoms with Crippen molar-refractivity contribution in [3.05, 3.63) is 24.1 Å². The summed E-state index contributed by atoms with van der Waals surface area (Å²) in [5, 5.41) is 13.4. The predicted molar refractivity (Wildman–Crippen MR) is 63.8 cm³/mol. The van der Waals surface area contributed by atoms with Crippen molar-refractivity contribution in [1.82, 2.24) is 15.2 Å². The summed E-state index contributed by atoms with van der Waals surface area (Å²) in [7, 11) is 0. The number of piperazine rings is 1. The fraction of sp³-hybridized carbons (Fsp3) is 0.417. The fourth-order valence-corrected chi connectivity index (χ4v) is 2.20. The van der Waals surface area contributed by atoms with E-state index in [0.29, 0.717) is 11.1 Å². The SMILES string of the molecule is Oc1c(CN2CCNCC2)ccc2ocnc12. The third-order valence-electron chi connectivity index (χ3n) is 3.16. The number of benzene rings is 1. The average molecular weight is 233 g/mol. The maximum absolute atomic E-state index is 10.1. The minimum atomic E-state index is 0.245. The summed E-state index contributed by atoms with van der Waals surface area (Å²) in [5.41, 5.74) is 2.09. The Balaban J connectivity index is 1.86. The van der Waals surface area contributed by atoms with Crippen LogP contribution < -0.4 is 5.32 Å². The number of oxazole rings is 1. The molecule has 3 rings (SSSR count). The van der Waals surface area contributed by atoms with Crippen molar-refractivity contribution in [2.45, 2.75) is 6.54 Å². The van der Waals surface area contributed by atoms with Crippen LogP contribution in [0.1, 0.15) is 5.56 Å². The second-order valence-electron chi connectivity index (χ2n) is 4.30. The fourth-order valence-electron chi connectivity index (χ4n) is 2.20. The standard InChI is InChI=1S/C12H15N3O2/c16-12-9(7-15-5-3-13-4-6-15)1-2-10-11(12)14-8-17-10/h1-2,8,13,16H,3-7H2. The number of phenols is 1. The molecule has 0 aliphatic carbocycles.